The van der Waals surface area contributed by atoms with Gasteiger partial charge < -0.3 is 15.2 Å². The minimum Gasteiger partial charge on any atom is -0.490 e. The first kappa shape index (κ1) is 16.2. The molecule has 2 N–H and O–H groups in total. The van der Waals surface area contributed by atoms with Crippen LogP contribution in [0, 0.1) is 0 Å². The number of thioether (sulfide) groups is 1. The summed E-state index contributed by atoms with van der Waals surface area (Å²) in [5.41, 5.74) is 7.19. The molecule has 1 unspecified atom stereocenters. The summed E-state index contributed by atoms with van der Waals surface area (Å²) in [4.78, 5) is 0. The van der Waals surface area contributed by atoms with Crippen molar-refractivity contribution in [1.29, 1.82) is 0 Å². The zero-order valence-electron chi connectivity index (χ0n) is 12.1. The summed E-state index contributed by atoms with van der Waals surface area (Å²) in [6.07, 6.45) is 3.93. The van der Waals surface area contributed by atoms with Crippen LogP contribution in [0.1, 0.15) is 25.8 Å². The van der Waals surface area contributed by atoms with Gasteiger partial charge in [-0.1, -0.05) is 13.0 Å². The molecule has 0 aromatic heterocycles. The second-order valence-electron chi connectivity index (χ2n) is 4.43. The molecule has 0 fully saturated rings. The van der Waals surface area contributed by atoms with E-state index in [-0.39, 0.29) is 6.04 Å². The molecule has 0 aliphatic heterocycles. The number of rotatable bonds is 9. The Kier molecular flexibility index (Phi) is 7.75. The zero-order valence-corrected chi connectivity index (χ0v) is 13.0. The smallest absolute Gasteiger partial charge is 0.161 e. The molecular weight excluding hydrogens is 258 g/mol. The molecule has 0 saturated heterocycles. The van der Waals surface area contributed by atoms with Gasteiger partial charge in [-0.3, -0.25) is 0 Å². The fraction of sp³-hybridized carbons (Fsp3) is 0.600. The Morgan fingerprint density at radius 2 is 2.00 bits per heavy atom. The molecule has 1 atom stereocenters. The minimum atomic E-state index is 0.206. The van der Waals surface area contributed by atoms with E-state index in [0.717, 1.165) is 30.1 Å². The molecular formula is C15H25NO2S. The fourth-order valence-electron chi connectivity index (χ4n) is 1.75. The molecule has 0 spiro atoms. The van der Waals surface area contributed by atoms with E-state index in [9.17, 15) is 0 Å². The van der Waals surface area contributed by atoms with Crippen LogP contribution in [0.15, 0.2) is 18.2 Å². The molecule has 4 heteroatoms. The largest absolute Gasteiger partial charge is 0.490 e. The average molecular weight is 283 g/mol. The van der Waals surface area contributed by atoms with Gasteiger partial charge in [0.15, 0.2) is 11.5 Å². The summed E-state index contributed by atoms with van der Waals surface area (Å²) < 4.78 is 11.4. The van der Waals surface area contributed by atoms with Crippen molar-refractivity contribution in [2.45, 2.75) is 32.7 Å². The third kappa shape index (κ3) is 5.74. The summed E-state index contributed by atoms with van der Waals surface area (Å²) in [7, 11) is 0. The number of nitrogens with two attached hydrogens (primary N) is 1. The lowest BCUT2D eigenvalue weighted by molar-refractivity contribution is 0.289. The Hall–Kier alpha value is -0.870. The first-order chi connectivity index (χ1) is 9.21. The van der Waals surface area contributed by atoms with Crippen LogP contribution in [0.3, 0.4) is 0 Å². The number of ether oxygens (including phenoxy) is 2. The maximum atomic E-state index is 5.99. The van der Waals surface area contributed by atoms with Crippen molar-refractivity contribution < 1.29 is 9.47 Å². The van der Waals surface area contributed by atoms with Gasteiger partial charge in [0.05, 0.1) is 13.2 Å². The lowest BCUT2D eigenvalue weighted by atomic mass is 10.0. The van der Waals surface area contributed by atoms with Crippen LogP contribution in [0.4, 0.5) is 0 Å². The van der Waals surface area contributed by atoms with E-state index in [4.69, 9.17) is 15.2 Å². The maximum absolute atomic E-state index is 5.99. The van der Waals surface area contributed by atoms with Crippen molar-refractivity contribution in [2.75, 3.05) is 25.2 Å². The standard InChI is InChI=1S/C15H25NO2S/c1-4-13(16)10-12-6-7-14(18-8-9-19-3)15(11-12)17-5-2/h6-7,11,13H,4-5,8-10,16H2,1-3H3. The minimum absolute atomic E-state index is 0.206. The molecule has 0 aliphatic rings. The first-order valence-electron chi connectivity index (χ1n) is 6.84. The lowest BCUT2D eigenvalue weighted by Gasteiger charge is -2.14. The highest BCUT2D eigenvalue weighted by Crippen LogP contribution is 2.29. The zero-order chi connectivity index (χ0) is 14.1. The topological polar surface area (TPSA) is 44.5 Å². The molecule has 1 rings (SSSR count). The van der Waals surface area contributed by atoms with Crippen LogP contribution < -0.4 is 15.2 Å². The van der Waals surface area contributed by atoms with Crippen molar-refractivity contribution in [1.82, 2.24) is 0 Å². The summed E-state index contributed by atoms with van der Waals surface area (Å²) in [5, 5.41) is 0. The second-order valence-corrected chi connectivity index (χ2v) is 5.41. The van der Waals surface area contributed by atoms with Gasteiger partial charge in [0.25, 0.3) is 0 Å². The quantitative estimate of drug-likeness (QED) is 0.707. The Morgan fingerprint density at radius 3 is 2.63 bits per heavy atom. The molecule has 19 heavy (non-hydrogen) atoms. The first-order valence-corrected chi connectivity index (χ1v) is 8.23. The van der Waals surface area contributed by atoms with E-state index in [1.165, 1.54) is 5.56 Å². The predicted octanol–water partition coefficient (Wildman–Crippen LogP) is 3.11. The third-order valence-electron chi connectivity index (χ3n) is 2.88. The van der Waals surface area contributed by atoms with Crippen molar-refractivity contribution in [3.63, 3.8) is 0 Å². The summed E-state index contributed by atoms with van der Waals surface area (Å²) in [6, 6.07) is 6.32. The molecule has 0 aliphatic carbocycles. The van der Waals surface area contributed by atoms with Crippen molar-refractivity contribution in [3.05, 3.63) is 23.8 Å². The van der Waals surface area contributed by atoms with Gasteiger partial charge in [0.1, 0.15) is 0 Å². The third-order valence-corrected chi connectivity index (χ3v) is 3.45. The fourth-order valence-corrected chi connectivity index (χ4v) is 2.00. The summed E-state index contributed by atoms with van der Waals surface area (Å²) in [5.74, 6) is 2.63. The highest BCUT2D eigenvalue weighted by Gasteiger charge is 2.08. The number of hydrogen-bond acceptors (Lipinski definition) is 4. The lowest BCUT2D eigenvalue weighted by Crippen LogP contribution is -2.21. The Balaban J connectivity index is 2.75. The maximum Gasteiger partial charge on any atom is 0.161 e. The van der Waals surface area contributed by atoms with Crippen LogP contribution in [0.5, 0.6) is 11.5 Å². The second kappa shape index (κ2) is 9.10. The van der Waals surface area contributed by atoms with Crippen LogP contribution >= 0.6 is 11.8 Å². The normalized spacial score (nSPS) is 12.2. The molecule has 0 radical (unpaired) electrons. The van der Waals surface area contributed by atoms with E-state index in [2.05, 4.69) is 19.2 Å². The molecule has 0 amide bonds. The van der Waals surface area contributed by atoms with Gasteiger partial charge in [0.2, 0.25) is 0 Å². The Bertz CT molecular complexity index is 371. The van der Waals surface area contributed by atoms with Gasteiger partial charge in [-0.25, -0.2) is 0 Å². The molecule has 0 saturated carbocycles. The summed E-state index contributed by atoms with van der Waals surface area (Å²) >= 11 is 1.77. The average Bonchev–Trinajstić information content (AvgIpc) is 2.41. The van der Waals surface area contributed by atoms with E-state index >= 15 is 0 Å². The monoisotopic (exact) mass is 283 g/mol. The SMILES string of the molecule is CCOc1cc(CC(N)CC)ccc1OCCSC. The summed E-state index contributed by atoms with van der Waals surface area (Å²) in [6.45, 7) is 5.43. The van der Waals surface area contributed by atoms with Gasteiger partial charge in [-0.2, -0.15) is 11.8 Å². The Labute approximate surface area is 120 Å². The van der Waals surface area contributed by atoms with Crippen LogP contribution in [-0.4, -0.2) is 31.3 Å². The van der Waals surface area contributed by atoms with Crippen LogP contribution in [0.25, 0.3) is 0 Å². The highest BCUT2D eigenvalue weighted by atomic mass is 32.2. The predicted molar refractivity (Wildman–Crippen MR) is 83.5 cm³/mol. The molecule has 0 bridgehead atoms. The van der Waals surface area contributed by atoms with Gasteiger partial charge >= 0.3 is 0 Å². The van der Waals surface area contributed by atoms with Gasteiger partial charge in [-0.15, -0.1) is 0 Å². The van der Waals surface area contributed by atoms with Crippen LogP contribution in [-0.2, 0) is 6.42 Å². The van der Waals surface area contributed by atoms with Gasteiger partial charge in [-0.05, 0) is 43.7 Å². The van der Waals surface area contributed by atoms with Crippen molar-refractivity contribution in [2.24, 2.45) is 5.73 Å². The number of benzene rings is 1. The molecule has 1 aromatic carbocycles. The van der Waals surface area contributed by atoms with Gasteiger partial charge in [0, 0.05) is 11.8 Å². The van der Waals surface area contributed by atoms with E-state index < -0.39 is 0 Å². The van der Waals surface area contributed by atoms with Crippen molar-refractivity contribution in [3.8, 4) is 11.5 Å². The van der Waals surface area contributed by atoms with Crippen LogP contribution in [0.2, 0.25) is 0 Å². The van der Waals surface area contributed by atoms with Crippen molar-refractivity contribution >= 4 is 11.8 Å². The molecule has 108 valence electrons. The molecule has 1 aromatic rings. The molecule has 0 heterocycles. The Morgan fingerprint density at radius 1 is 1.21 bits per heavy atom. The number of hydrogen-bond donors (Lipinski definition) is 1. The van der Waals surface area contributed by atoms with E-state index in [0.29, 0.717) is 13.2 Å². The molecule has 3 nitrogen and oxygen atoms in total. The van der Waals surface area contributed by atoms with E-state index in [1.54, 1.807) is 11.8 Å². The van der Waals surface area contributed by atoms with E-state index in [1.807, 2.05) is 19.1 Å². The highest BCUT2D eigenvalue weighted by molar-refractivity contribution is 7.98.